The Bertz CT molecular complexity index is 520. The zero-order valence-electron chi connectivity index (χ0n) is 12.4. The van der Waals surface area contributed by atoms with Crippen molar-refractivity contribution in [2.45, 2.75) is 51.6 Å². The largest absolute Gasteiger partial charge is 0.444 e. The minimum Gasteiger partial charge on any atom is -0.444 e. The Balaban J connectivity index is 1.66. The molecule has 0 radical (unpaired) electrons. The summed E-state index contributed by atoms with van der Waals surface area (Å²) in [6.07, 6.45) is 1.95. The number of amides is 2. The quantitative estimate of drug-likeness (QED) is 0.870. The van der Waals surface area contributed by atoms with Gasteiger partial charge in [-0.2, -0.15) is 0 Å². The number of anilines is 1. The lowest BCUT2D eigenvalue weighted by molar-refractivity contribution is -0.116. The molecule has 0 atom stereocenters. The second kappa shape index (κ2) is 6.38. The maximum Gasteiger partial charge on any atom is 0.407 e. The van der Waals surface area contributed by atoms with Gasteiger partial charge in [0.2, 0.25) is 11.0 Å². The summed E-state index contributed by atoms with van der Waals surface area (Å²) in [5.74, 6) is 0.326. The van der Waals surface area contributed by atoms with Crippen LogP contribution in [0.2, 0.25) is 0 Å². The third-order valence-electron chi connectivity index (χ3n) is 2.63. The van der Waals surface area contributed by atoms with Crippen molar-refractivity contribution in [1.82, 2.24) is 15.5 Å². The Morgan fingerprint density at radius 3 is 2.67 bits per heavy atom. The standard InChI is InChI=1S/C13H20N4O3S/c1-13(2,3)20-12(19)14-7-6-9(18)15-11-17-16-10(21-11)8-4-5-8/h8H,4-7H2,1-3H3,(H,14,19)(H,15,17,18). The Morgan fingerprint density at radius 2 is 2.05 bits per heavy atom. The Kier molecular flexibility index (Phi) is 4.76. The summed E-state index contributed by atoms with van der Waals surface area (Å²) in [4.78, 5) is 23.1. The maximum absolute atomic E-state index is 11.7. The van der Waals surface area contributed by atoms with Gasteiger partial charge in [0, 0.05) is 18.9 Å². The lowest BCUT2D eigenvalue weighted by Crippen LogP contribution is -2.34. The van der Waals surface area contributed by atoms with E-state index >= 15 is 0 Å². The van der Waals surface area contributed by atoms with Crippen molar-refractivity contribution in [2.75, 3.05) is 11.9 Å². The first-order valence-corrected chi connectivity index (χ1v) is 7.75. The number of alkyl carbamates (subject to hydrolysis) is 1. The van der Waals surface area contributed by atoms with Gasteiger partial charge >= 0.3 is 6.09 Å². The second-order valence-electron chi connectivity index (χ2n) is 5.95. The van der Waals surface area contributed by atoms with E-state index in [0.717, 1.165) is 17.8 Å². The number of hydrogen-bond donors (Lipinski definition) is 2. The molecule has 0 aliphatic heterocycles. The van der Waals surface area contributed by atoms with Gasteiger partial charge in [-0.3, -0.25) is 4.79 Å². The molecule has 1 fully saturated rings. The van der Waals surface area contributed by atoms with Gasteiger partial charge in [-0.05, 0) is 33.6 Å². The highest BCUT2D eigenvalue weighted by Gasteiger charge is 2.27. The zero-order chi connectivity index (χ0) is 15.5. The third kappa shape index (κ3) is 5.66. The average molecular weight is 312 g/mol. The van der Waals surface area contributed by atoms with E-state index in [0.29, 0.717) is 11.0 Å². The van der Waals surface area contributed by atoms with Crippen LogP contribution in [0.5, 0.6) is 0 Å². The summed E-state index contributed by atoms with van der Waals surface area (Å²) in [7, 11) is 0. The fourth-order valence-electron chi connectivity index (χ4n) is 1.55. The number of carbonyl (C=O) groups excluding carboxylic acids is 2. The first-order valence-electron chi connectivity index (χ1n) is 6.93. The van der Waals surface area contributed by atoms with Crippen molar-refractivity contribution in [1.29, 1.82) is 0 Å². The van der Waals surface area contributed by atoms with Crippen molar-refractivity contribution in [3.8, 4) is 0 Å². The molecule has 1 aromatic heterocycles. The van der Waals surface area contributed by atoms with Crippen LogP contribution in [0, 0.1) is 0 Å². The number of nitrogens with zero attached hydrogens (tertiary/aromatic N) is 2. The molecule has 0 bridgehead atoms. The van der Waals surface area contributed by atoms with Crippen LogP contribution in [0.1, 0.15) is 51.0 Å². The van der Waals surface area contributed by atoms with Crippen molar-refractivity contribution >= 4 is 28.5 Å². The SMILES string of the molecule is CC(C)(C)OC(=O)NCCC(=O)Nc1nnc(C2CC2)s1. The number of nitrogens with one attached hydrogen (secondary N) is 2. The Morgan fingerprint density at radius 1 is 1.33 bits per heavy atom. The smallest absolute Gasteiger partial charge is 0.407 e. The van der Waals surface area contributed by atoms with E-state index in [1.54, 1.807) is 20.8 Å². The van der Waals surface area contributed by atoms with E-state index in [1.807, 2.05) is 0 Å². The summed E-state index contributed by atoms with van der Waals surface area (Å²) < 4.78 is 5.07. The lowest BCUT2D eigenvalue weighted by atomic mass is 10.2. The molecule has 21 heavy (non-hydrogen) atoms. The van der Waals surface area contributed by atoms with Crippen molar-refractivity contribution < 1.29 is 14.3 Å². The monoisotopic (exact) mass is 312 g/mol. The van der Waals surface area contributed by atoms with Crippen LogP contribution in [0.25, 0.3) is 0 Å². The van der Waals surface area contributed by atoms with E-state index in [-0.39, 0.29) is 18.9 Å². The molecule has 116 valence electrons. The van der Waals surface area contributed by atoms with Gasteiger partial charge in [-0.1, -0.05) is 11.3 Å². The molecule has 0 spiro atoms. The molecule has 1 aliphatic carbocycles. The number of rotatable bonds is 5. The number of aromatic nitrogens is 2. The molecular weight excluding hydrogens is 292 g/mol. The predicted octanol–water partition coefficient (Wildman–Crippen LogP) is 2.27. The molecule has 1 heterocycles. The normalized spacial score (nSPS) is 14.6. The molecule has 8 heteroatoms. The molecule has 0 unspecified atom stereocenters. The summed E-state index contributed by atoms with van der Waals surface area (Å²) >= 11 is 1.41. The molecular formula is C13H20N4O3S. The second-order valence-corrected chi connectivity index (χ2v) is 6.96. The molecule has 1 aliphatic rings. The number of ether oxygens (including phenoxy) is 1. The minimum absolute atomic E-state index is 0.164. The molecule has 2 N–H and O–H groups in total. The van der Waals surface area contributed by atoms with Gasteiger partial charge in [-0.15, -0.1) is 10.2 Å². The lowest BCUT2D eigenvalue weighted by Gasteiger charge is -2.19. The third-order valence-corrected chi connectivity index (χ3v) is 3.64. The van der Waals surface area contributed by atoms with Crippen LogP contribution in [-0.2, 0) is 9.53 Å². The van der Waals surface area contributed by atoms with Crippen LogP contribution in [0.3, 0.4) is 0 Å². The summed E-state index contributed by atoms with van der Waals surface area (Å²) in [5, 5.41) is 14.7. The maximum atomic E-state index is 11.7. The van der Waals surface area contributed by atoms with Crippen LogP contribution in [0.15, 0.2) is 0 Å². The summed E-state index contributed by atoms with van der Waals surface area (Å²) in [6, 6.07) is 0. The molecule has 1 saturated carbocycles. The van der Waals surface area contributed by atoms with E-state index in [2.05, 4.69) is 20.8 Å². The van der Waals surface area contributed by atoms with Crippen LogP contribution in [-0.4, -0.2) is 34.3 Å². The first kappa shape index (κ1) is 15.7. The van der Waals surface area contributed by atoms with Gasteiger partial charge in [0.25, 0.3) is 0 Å². The van der Waals surface area contributed by atoms with Crippen molar-refractivity contribution in [3.63, 3.8) is 0 Å². The molecule has 1 aromatic rings. The fraction of sp³-hybridized carbons (Fsp3) is 0.692. The zero-order valence-corrected chi connectivity index (χ0v) is 13.2. The molecule has 0 saturated heterocycles. The van der Waals surface area contributed by atoms with Crippen LogP contribution >= 0.6 is 11.3 Å². The number of carbonyl (C=O) groups is 2. The molecule has 2 rings (SSSR count). The highest BCUT2D eigenvalue weighted by atomic mass is 32.1. The van der Waals surface area contributed by atoms with Gasteiger partial charge < -0.3 is 15.4 Å². The molecule has 7 nitrogen and oxygen atoms in total. The average Bonchev–Trinajstić information content (AvgIpc) is 3.08. The Labute approximate surface area is 127 Å². The van der Waals surface area contributed by atoms with Gasteiger partial charge in [-0.25, -0.2) is 4.79 Å². The highest BCUT2D eigenvalue weighted by molar-refractivity contribution is 7.15. The van der Waals surface area contributed by atoms with E-state index < -0.39 is 11.7 Å². The molecule has 2 amide bonds. The number of hydrogen-bond acceptors (Lipinski definition) is 6. The highest BCUT2D eigenvalue weighted by Crippen LogP contribution is 2.41. The van der Waals surface area contributed by atoms with Gasteiger partial charge in [0.1, 0.15) is 10.6 Å². The van der Waals surface area contributed by atoms with Crippen LogP contribution in [0.4, 0.5) is 9.93 Å². The minimum atomic E-state index is -0.544. The topological polar surface area (TPSA) is 93.2 Å². The Hall–Kier alpha value is -1.70. The summed E-state index contributed by atoms with van der Waals surface area (Å²) in [5.41, 5.74) is -0.544. The summed E-state index contributed by atoms with van der Waals surface area (Å²) in [6.45, 7) is 5.57. The first-order chi connectivity index (χ1) is 9.83. The van der Waals surface area contributed by atoms with Gasteiger partial charge in [0.05, 0.1) is 0 Å². The van der Waals surface area contributed by atoms with Crippen LogP contribution < -0.4 is 10.6 Å². The van der Waals surface area contributed by atoms with E-state index in [1.165, 1.54) is 11.3 Å². The van der Waals surface area contributed by atoms with Gasteiger partial charge in [0.15, 0.2) is 0 Å². The van der Waals surface area contributed by atoms with E-state index in [4.69, 9.17) is 4.74 Å². The fourth-order valence-corrected chi connectivity index (χ4v) is 2.48. The van der Waals surface area contributed by atoms with E-state index in [9.17, 15) is 9.59 Å². The predicted molar refractivity (Wildman–Crippen MR) is 79.4 cm³/mol. The van der Waals surface area contributed by atoms with Crippen molar-refractivity contribution in [3.05, 3.63) is 5.01 Å². The van der Waals surface area contributed by atoms with Crippen molar-refractivity contribution in [2.24, 2.45) is 0 Å². The molecule has 0 aromatic carbocycles.